The molecule has 0 aliphatic rings. The molecule has 1 amide bonds. The molecule has 0 unspecified atom stereocenters. The van der Waals surface area contributed by atoms with Gasteiger partial charge in [-0.2, -0.15) is 5.10 Å². The smallest absolute Gasteiger partial charge is 0.341 e. The summed E-state index contributed by atoms with van der Waals surface area (Å²) in [4.78, 5) is 22.7. The van der Waals surface area contributed by atoms with Crippen molar-refractivity contribution in [2.75, 3.05) is 20.8 Å². The molecule has 0 saturated carbocycles. The second-order valence-electron chi connectivity index (χ2n) is 5.14. The average molecular weight is 393 g/mol. The number of ether oxygens (including phenoxy) is 3. The largest absolute Gasteiger partial charge is 0.493 e. The van der Waals surface area contributed by atoms with Crippen LogP contribution in [0.2, 0.25) is 5.02 Å². The number of carbonyl (C=O) groups is 2. The molecule has 0 spiro atoms. The minimum absolute atomic E-state index is 0.228. The van der Waals surface area contributed by atoms with Crippen molar-refractivity contribution in [3.05, 3.63) is 52.5 Å². The summed E-state index contributed by atoms with van der Waals surface area (Å²) in [7, 11) is 2.98. The van der Waals surface area contributed by atoms with Crippen LogP contribution in [0.3, 0.4) is 0 Å². The normalized spacial score (nSPS) is 10.5. The lowest BCUT2D eigenvalue weighted by molar-refractivity contribution is -0.139. The van der Waals surface area contributed by atoms with E-state index in [1.807, 2.05) is 0 Å². The van der Waals surface area contributed by atoms with Crippen LogP contribution >= 0.6 is 11.6 Å². The molecule has 0 aromatic heterocycles. The predicted molar refractivity (Wildman–Crippen MR) is 99.2 cm³/mol. The molecule has 0 aliphatic heterocycles. The highest BCUT2D eigenvalue weighted by atomic mass is 35.5. The summed E-state index contributed by atoms with van der Waals surface area (Å²) in [5.74, 6) is -0.352. The van der Waals surface area contributed by atoms with Crippen molar-refractivity contribution in [3.8, 4) is 17.2 Å². The number of carboxylic acid groups (broad SMARTS) is 1. The third kappa shape index (κ3) is 5.61. The van der Waals surface area contributed by atoms with Crippen molar-refractivity contribution in [2.45, 2.75) is 0 Å². The highest BCUT2D eigenvalue weighted by molar-refractivity contribution is 6.32. The van der Waals surface area contributed by atoms with Crippen LogP contribution < -0.4 is 19.6 Å². The van der Waals surface area contributed by atoms with E-state index in [4.69, 9.17) is 30.9 Å². The zero-order valence-electron chi connectivity index (χ0n) is 14.6. The van der Waals surface area contributed by atoms with Gasteiger partial charge >= 0.3 is 5.97 Å². The van der Waals surface area contributed by atoms with Crippen molar-refractivity contribution in [1.82, 2.24) is 5.43 Å². The van der Waals surface area contributed by atoms with Gasteiger partial charge in [0.1, 0.15) is 5.75 Å². The predicted octanol–water partition coefficient (Wildman–Crippen LogP) is 2.58. The molecule has 27 heavy (non-hydrogen) atoms. The van der Waals surface area contributed by atoms with Crippen LogP contribution in [-0.2, 0) is 4.79 Å². The van der Waals surface area contributed by atoms with Gasteiger partial charge in [0.05, 0.1) is 25.5 Å². The third-order valence-electron chi connectivity index (χ3n) is 3.33. The molecular weight excluding hydrogens is 376 g/mol. The Bertz CT molecular complexity index is 869. The van der Waals surface area contributed by atoms with Gasteiger partial charge in [-0.05, 0) is 42.0 Å². The van der Waals surface area contributed by atoms with E-state index >= 15 is 0 Å². The third-order valence-corrected chi connectivity index (χ3v) is 3.63. The second kappa shape index (κ2) is 9.44. The average Bonchev–Trinajstić information content (AvgIpc) is 2.66. The molecule has 0 bridgehead atoms. The van der Waals surface area contributed by atoms with Gasteiger partial charge in [0, 0.05) is 5.56 Å². The number of hydrazone groups is 1. The standard InChI is InChI=1S/C18H17ClN2O6/c1-25-15-6-4-12(8-16(15)26-2)18(24)21-20-9-11-3-5-14(13(19)7-11)27-10-17(22)23/h3-9H,10H2,1-2H3,(H,21,24)(H,22,23)/b20-9+. The Labute approximate surface area is 160 Å². The molecule has 0 fully saturated rings. The first-order valence-electron chi connectivity index (χ1n) is 7.64. The number of halogens is 1. The van der Waals surface area contributed by atoms with E-state index in [1.54, 1.807) is 18.2 Å². The maximum Gasteiger partial charge on any atom is 0.341 e. The van der Waals surface area contributed by atoms with Crippen molar-refractivity contribution in [1.29, 1.82) is 0 Å². The van der Waals surface area contributed by atoms with Crippen LogP contribution in [0, 0.1) is 0 Å². The molecule has 9 heteroatoms. The van der Waals surface area contributed by atoms with Gasteiger partial charge in [-0.15, -0.1) is 0 Å². The van der Waals surface area contributed by atoms with Gasteiger partial charge in [-0.1, -0.05) is 11.6 Å². The van der Waals surface area contributed by atoms with Gasteiger partial charge in [-0.25, -0.2) is 10.2 Å². The maximum absolute atomic E-state index is 12.1. The van der Waals surface area contributed by atoms with Crippen molar-refractivity contribution in [2.24, 2.45) is 5.10 Å². The molecule has 0 radical (unpaired) electrons. The van der Waals surface area contributed by atoms with E-state index in [0.717, 1.165) is 0 Å². The number of hydrogen-bond acceptors (Lipinski definition) is 6. The van der Waals surface area contributed by atoms with Crippen LogP contribution in [0.4, 0.5) is 0 Å². The summed E-state index contributed by atoms with van der Waals surface area (Å²) >= 11 is 6.02. The van der Waals surface area contributed by atoms with Crippen LogP contribution in [0.1, 0.15) is 15.9 Å². The first-order chi connectivity index (χ1) is 12.9. The molecule has 2 aromatic rings. The summed E-state index contributed by atoms with van der Waals surface area (Å²) in [6.45, 7) is -0.492. The van der Waals surface area contributed by atoms with Crippen molar-refractivity contribution < 1.29 is 28.9 Å². The van der Waals surface area contributed by atoms with Gasteiger partial charge in [-0.3, -0.25) is 4.79 Å². The first-order valence-corrected chi connectivity index (χ1v) is 8.02. The van der Waals surface area contributed by atoms with E-state index in [2.05, 4.69) is 10.5 Å². The Kier molecular flexibility index (Phi) is 7.01. The van der Waals surface area contributed by atoms with E-state index < -0.39 is 18.5 Å². The highest BCUT2D eigenvalue weighted by Crippen LogP contribution is 2.27. The highest BCUT2D eigenvalue weighted by Gasteiger charge is 2.10. The fourth-order valence-corrected chi connectivity index (χ4v) is 2.30. The van der Waals surface area contributed by atoms with Crippen LogP contribution in [-0.4, -0.2) is 44.0 Å². The first kappa shape index (κ1) is 20.1. The summed E-state index contributed by atoms with van der Waals surface area (Å²) in [5, 5.41) is 12.7. The summed E-state index contributed by atoms with van der Waals surface area (Å²) < 4.78 is 15.3. The molecule has 0 atom stereocenters. The van der Waals surface area contributed by atoms with Crippen molar-refractivity contribution in [3.63, 3.8) is 0 Å². The van der Waals surface area contributed by atoms with Gasteiger partial charge in [0.2, 0.25) is 0 Å². The van der Waals surface area contributed by atoms with Gasteiger partial charge < -0.3 is 19.3 Å². The Morgan fingerprint density at radius 1 is 1.11 bits per heavy atom. The van der Waals surface area contributed by atoms with Crippen LogP contribution in [0.15, 0.2) is 41.5 Å². The minimum Gasteiger partial charge on any atom is -0.493 e. The molecule has 2 aromatic carbocycles. The number of nitrogens with zero attached hydrogens (tertiary/aromatic N) is 1. The van der Waals surface area contributed by atoms with E-state index in [1.165, 1.54) is 38.6 Å². The number of methoxy groups -OCH3 is 2. The number of amides is 1. The lowest BCUT2D eigenvalue weighted by Gasteiger charge is -2.08. The lowest BCUT2D eigenvalue weighted by Crippen LogP contribution is -2.17. The topological polar surface area (TPSA) is 106 Å². The zero-order valence-corrected chi connectivity index (χ0v) is 15.3. The molecule has 2 N–H and O–H groups in total. The number of carboxylic acids is 1. The fraction of sp³-hybridized carbons (Fsp3) is 0.167. The Morgan fingerprint density at radius 3 is 2.44 bits per heavy atom. The molecule has 0 heterocycles. The van der Waals surface area contributed by atoms with E-state index in [-0.39, 0.29) is 10.8 Å². The SMILES string of the molecule is COc1ccc(C(=O)N/N=C/c2ccc(OCC(=O)O)c(Cl)c2)cc1OC. The number of rotatable bonds is 8. The van der Waals surface area contributed by atoms with Crippen LogP contribution in [0.25, 0.3) is 0 Å². The lowest BCUT2D eigenvalue weighted by atomic mass is 10.2. The van der Waals surface area contributed by atoms with Gasteiger partial charge in [0.25, 0.3) is 5.91 Å². The van der Waals surface area contributed by atoms with E-state index in [9.17, 15) is 9.59 Å². The molecule has 0 aliphatic carbocycles. The molecule has 142 valence electrons. The van der Waals surface area contributed by atoms with Crippen molar-refractivity contribution >= 4 is 29.7 Å². The Balaban J connectivity index is 2.01. The maximum atomic E-state index is 12.1. The molecular formula is C18H17ClN2O6. The number of hydrogen-bond donors (Lipinski definition) is 2. The fourth-order valence-electron chi connectivity index (χ4n) is 2.06. The number of benzene rings is 2. The van der Waals surface area contributed by atoms with E-state index in [0.29, 0.717) is 22.6 Å². The number of nitrogens with one attached hydrogen (secondary N) is 1. The zero-order chi connectivity index (χ0) is 19.8. The number of carbonyl (C=O) groups excluding carboxylic acids is 1. The summed E-state index contributed by atoms with van der Waals surface area (Å²) in [6.07, 6.45) is 1.39. The Hall–Kier alpha value is -3.26. The molecule has 8 nitrogen and oxygen atoms in total. The summed E-state index contributed by atoms with van der Waals surface area (Å²) in [6, 6.07) is 9.41. The van der Waals surface area contributed by atoms with Gasteiger partial charge in [0.15, 0.2) is 18.1 Å². The molecule has 0 saturated heterocycles. The molecule has 2 rings (SSSR count). The Morgan fingerprint density at radius 2 is 1.81 bits per heavy atom. The number of aliphatic carboxylic acids is 1. The monoisotopic (exact) mass is 392 g/mol. The minimum atomic E-state index is -1.10. The second-order valence-corrected chi connectivity index (χ2v) is 5.55. The quantitative estimate of drug-likeness (QED) is 0.528. The summed E-state index contributed by atoms with van der Waals surface area (Å²) in [5.41, 5.74) is 3.33. The van der Waals surface area contributed by atoms with Crippen LogP contribution in [0.5, 0.6) is 17.2 Å².